The van der Waals surface area contributed by atoms with Crippen LogP contribution in [0.2, 0.25) is 0 Å². The zero-order valence-electron chi connectivity index (χ0n) is 8.99. The number of thiophene rings is 1. The van der Waals surface area contributed by atoms with Crippen LogP contribution in [0.15, 0.2) is 17.5 Å². The molecule has 1 saturated carbocycles. The van der Waals surface area contributed by atoms with Crippen molar-refractivity contribution >= 4 is 17.1 Å². The van der Waals surface area contributed by atoms with Crippen LogP contribution in [0.1, 0.15) is 30.6 Å². The lowest BCUT2D eigenvalue weighted by atomic mass is 9.75. The van der Waals surface area contributed by atoms with E-state index < -0.39 is 5.60 Å². The number of aryl methyl sites for hydroxylation is 1. The van der Waals surface area contributed by atoms with E-state index in [-0.39, 0.29) is 5.78 Å². The highest BCUT2D eigenvalue weighted by atomic mass is 32.1. The maximum atomic E-state index is 12.0. The average molecular weight is 224 g/mol. The average Bonchev–Trinajstić information content (AvgIpc) is 2.66. The summed E-state index contributed by atoms with van der Waals surface area (Å²) in [4.78, 5) is 13.2. The Hall–Kier alpha value is -0.670. The summed E-state index contributed by atoms with van der Waals surface area (Å²) < 4.78 is 5.36. The zero-order valence-corrected chi connectivity index (χ0v) is 9.81. The summed E-state index contributed by atoms with van der Waals surface area (Å²) in [5, 5.41) is 2.05. The summed E-state index contributed by atoms with van der Waals surface area (Å²) >= 11 is 1.72. The molecule has 2 nitrogen and oxygen atoms in total. The molecule has 0 saturated heterocycles. The van der Waals surface area contributed by atoms with Crippen LogP contribution >= 0.6 is 11.3 Å². The molecule has 1 aromatic rings. The minimum atomic E-state index is -0.419. The van der Waals surface area contributed by atoms with Gasteiger partial charge in [0.25, 0.3) is 0 Å². The van der Waals surface area contributed by atoms with E-state index in [9.17, 15) is 4.79 Å². The molecular formula is C12H16O2S. The molecule has 0 radical (unpaired) electrons. The summed E-state index contributed by atoms with van der Waals surface area (Å²) in [6, 6.07) is 4.11. The first kappa shape index (κ1) is 10.8. The minimum Gasteiger partial charge on any atom is -0.370 e. The molecule has 0 N–H and O–H groups in total. The molecule has 1 fully saturated rings. The molecule has 1 aliphatic carbocycles. The van der Waals surface area contributed by atoms with Gasteiger partial charge in [-0.3, -0.25) is 4.79 Å². The van der Waals surface area contributed by atoms with Gasteiger partial charge in [-0.25, -0.2) is 0 Å². The molecule has 0 bridgehead atoms. The molecular weight excluding hydrogens is 208 g/mol. The number of ketones is 1. The van der Waals surface area contributed by atoms with Crippen molar-refractivity contribution in [2.75, 3.05) is 7.11 Å². The van der Waals surface area contributed by atoms with Crippen LogP contribution < -0.4 is 0 Å². The molecule has 15 heavy (non-hydrogen) atoms. The molecule has 1 heterocycles. The summed E-state index contributed by atoms with van der Waals surface area (Å²) in [5.41, 5.74) is -0.419. The van der Waals surface area contributed by atoms with E-state index in [2.05, 4.69) is 11.4 Å². The fourth-order valence-corrected chi connectivity index (χ4v) is 2.72. The van der Waals surface area contributed by atoms with Crippen molar-refractivity contribution in [1.82, 2.24) is 0 Å². The van der Waals surface area contributed by atoms with E-state index in [1.54, 1.807) is 18.4 Å². The van der Waals surface area contributed by atoms with Gasteiger partial charge < -0.3 is 4.74 Å². The number of ether oxygens (including phenoxy) is 1. The van der Waals surface area contributed by atoms with Gasteiger partial charge in [-0.15, -0.1) is 11.3 Å². The van der Waals surface area contributed by atoms with Gasteiger partial charge in [-0.1, -0.05) is 6.07 Å². The molecule has 0 unspecified atom stereocenters. The monoisotopic (exact) mass is 224 g/mol. The molecule has 2 rings (SSSR count). The predicted octanol–water partition coefficient (Wildman–Crippen LogP) is 2.82. The molecule has 0 spiro atoms. The Kier molecular flexibility index (Phi) is 3.22. The molecule has 3 heteroatoms. The Bertz CT molecular complexity index is 320. The standard InChI is InChI=1S/C12H16O2S/c1-14-12(7-3-8-12)11(13)6-5-10-4-2-9-15-10/h2,4,9H,3,5-8H2,1H3. The highest BCUT2D eigenvalue weighted by Crippen LogP contribution is 2.37. The van der Waals surface area contributed by atoms with Crippen LogP contribution in [0.5, 0.6) is 0 Å². The highest BCUT2D eigenvalue weighted by Gasteiger charge is 2.43. The topological polar surface area (TPSA) is 26.3 Å². The van der Waals surface area contributed by atoms with Crippen molar-refractivity contribution in [3.8, 4) is 0 Å². The summed E-state index contributed by atoms with van der Waals surface area (Å²) in [6.45, 7) is 0. The molecule has 1 aromatic heterocycles. The summed E-state index contributed by atoms with van der Waals surface area (Å²) in [5.74, 6) is 0.282. The number of Topliss-reactive ketones (excluding diaryl/α,β-unsaturated/α-hetero) is 1. The Labute approximate surface area is 94.3 Å². The van der Waals surface area contributed by atoms with E-state index in [0.717, 1.165) is 25.7 Å². The van der Waals surface area contributed by atoms with Crippen molar-refractivity contribution < 1.29 is 9.53 Å². The second-order valence-corrected chi connectivity index (χ2v) is 5.09. The van der Waals surface area contributed by atoms with Crippen LogP contribution in [0.3, 0.4) is 0 Å². The number of methoxy groups -OCH3 is 1. The fraction of sp³-hybridized carbons (Fsp3) is 0.583. The molecule has 0 atom stereocenters. The second-order valence-electron chi connectivity index (χ2n) is 4.05. The zero-order chi connectivity index (χ0) is 10.7. The third-order valence-electron chi connectivity index (χ3n) is 3.24. The highest BCUT2D eigenvalue weighted by molar-refractivity contribution is 7.09. The Morgan fingerprint density at radius 3 is 2.87 bits per heavy atom. The molecule has 1 aliphatic rings. The third kappa shape index (κ3) is 2.13. The Morgan fingerprint density at radius 1 is 1.60 bits per heavy atom. The predicted molar refractivity (Wildman–Crippen MR) is 61.2 cm³/mol. The number of hydrogen-bond acceptors (Lipinski definition) is 3. The number of hydrogen-bond donors (Lipinski definition) is 0. The van der Waals surface area contributed by atoms with Gasteiger partial charge >= 0.3 is 0 Å². The number of rotatable bonds is 5. The van der Waals surface area contributed by atoms with E-state index >= 15 is 0 Å². The molecule has 0 aromatic carbocycles. The van der Waals surface area contributed by atoms with Crippen LogP contribution in [0, 0.1) is 0 Å². The maximum absolute atomic E-state index is 12.0. The lowest BCUT2D eigenvalue weighted by Crippen LogP contribution is -2.47. The Morgan fingerprint density at radius 2 is 2.40 bits per heavy atom. The van der Waals surface area contributed by atoms with Crippen LogP contribution in [0.4, 0.5) is 0 Å². The van der Waals surface area contributed by atoms with Gasteiger partial charge in [0.05, 0.1) is 0 Å². The maximum Gasteiger partial charge on any atom is 0.164 e. The van der Waals surface area contributed by atoms with Crippen LogP contribution in [-0.4, -0.2) is 18.5 Å². The van der Waals surface area contributed by atoms with Crippen molar-refractivity contribution in [3.05, 3.63) is 22.4 Å². The van der Waals surface area contributed by atoms with Crippen LogP contribution in [-0.2, 0) is 16.0 Å². The first-order valence-corrected chi connectivity index (χ1v) is 6.26. The van der Waals surface area contributed by atoms with Gasteiger partial charge in [0.2, 0.25) is 0 Å². The van der Waals surface area contributed by atoms with Gasteiger partial charge in [0.15, 0.2) is 5.78 Å². The van der Waals surface area contributed by atoms with Crippen molar-refractivity contribution in [3.63, 3.8) is 0 Å². The minimum absolute atomic E-state index is 0.282. The van der Waals surface area contributed by atoms with Crippen molar-refractivity contribution in [2.24, 2.45) is 0 Å². The summed E-state index contributed by atoms with van der Waals surface area (Å²) in [7, 11) is 1.65. The normalized spacial score (nSPS) is 18.5. The van der Waals surface area contributed by atoms with E-state index in [1.165, 1.54) is 4.88 Å². The van der Waals surface area contributed by atoms with Crippen LogP contribution in [0.25, 0.3) is 0 Å². The molecule has 82 valence electrons. The van der Waals surface area contributed by atoms with Gasteiger partial charge in [0.1, 0.15) is 5.60 Å². The second kappa shape index (κ2) is 4.45. The molecule has 0 amide bonds. The van der Waals surface area contributed by atoms with E-state index in [0.29, 0.717) is 6.42 Å². The van der Waals surface area contributed by atoms with E-state index in [1.807, 2.05) is 6.07 Å². The van der Waals surface area contributed by atoms with Crippen molar-refractivity contribution in [1.29, 1.82) is 0 Å². The summed E-state index contributed by atoms with van der Waals surface area (Å²) in [6.07, 6.45) is 4.42. The smallest absolute Gasteiger partial charge is 0.164 e. The first-order chi connectivity index (χ1) is 7.27. The lowest BCUT2D eigenvalue weighted by molar-refractivity contribution is -0.151. The SMILES string of the molecule is COC1(C(=O)CCc2cccs2)CCC1. The fourth-order valence-electron chi connectivity index (χ4n) is 2.01. The largest absolute Gasteiger partial charge is 0.370 e. The van der Waals surface area contributed by atoms with Gasteiger partial charge in [-0.2, -0.15) is 0 Å². The quantitative estimate of drug-likeness (QED) is 0.768. The number of carbonyl (C=O) groups is 1. The molecule has 0 aliphatic heterocycles. The van der Waals surface area contributed by atoms with Gasteiger partial charge in [-0.05, 0) is 37.1 Å². The van der Waals surface area contributed by atoms with E-state index in [4.69, 9.17) is 4.74 Å². The van der Waals surface area contributed by atoms with Gasteiger partial charge in [0, 0.05) is 18.4 Å². The first-order valence-electron chi connectivity index (χ1n) is 5.38. The van der Waals surface area contributed by atoms with Crippen molar-refractivity contribution in [2.45, 2.75) is 37.7 Å². The third-order valence-corrected chi connectivity index (χ3v) is 4.17. The lowest BCUT2D eigenvalue weighted by Gasteiger charge is -2.38. The Balaban J connectivity index is 1.87. The number of carbonyl (C=O) groups excluding carboxylic acids is 1.